The molecule has 0 saturated heterocycles. The van der Waals surface area contributed by atoms with Gasteiger partial charge in [0.05, 0.1) is 0 Å². The first-order chi connectivity index (χ1) is 6.31. The molecule has 0 N–H and O–H groups in total. The van der Waals surface area contributed by atoms with E-state index >= 15 is 0 Å². The van der Waals surface area contributed by atoms with Crippen LogP contribution in [-0.4, -0.2) is 6.79 Å². The molecule has 0 spiro atoms. The van der Waals surface area contributed by atoms with Crippen molar-refractivity contribution in [3.8, 4) is 11.5 Å². The van der Waals surface area contributed by atoms with Crippen LogP contribution in [-0.2, 0) is 0 Å². The summed E-state index contributed by atoms with van der Waals surface area (Å²) in [7, 11) is 0. The Morgan fingerprint density at radius 2 is 2.15 bits per heavy atom. The molecule has 0 bridgehead atoms. The Balaban J connectivity index is 2.35. The lowest BCUT2D eigenvalue weighted by Gasteiger charge is -2.01. The summed E-state index contributed by atoms with van der Waals surface area (Å²) in [6.45, 7) is 0.209. The summed E-state index contributed by atoms with van der Waals surface area (Å²) in [4.78, 5) is 10.2. The summed E-state index contributed by atoms with van der Waals surface area (Å²) in [5.41, 5.74) is -0.254. The van der Waals surface area contributed by atoms with E-state index in [1.807, 2.05) is 0 Å². The Morgan fingerprint density at radius 3 is 2.92 bits per heavy atom. The third kappa shape index (κ3) is 1.45. The molecule has 0 radical (unpaired) electrons. The molecule has 1 heterocycles. The zero-order valence-electron chi connectivity index (χ0n) is 6.57. The second-order valence-corrected chi connectivity index (χ2v) is 2.97. The van der Waals surface area contributed by atoms with Crippen LogP contribution in [0.1, 0.15) is 11.1 Å². The molecule has 0 saturated carbocycles. The predicted molar refractivity (Wildman–Crippen MR) is 47.0 cm³/mol. The van der Waals surface area contributed by atoms with Crippen molar-refractivity contribution in [2.75, 3.05) is 6.79 Å². The zero-order valence-corrected chi connectivity index (χ0v) is 7.32. The smallest absolute Gasteiger partial charge is 0.231 e. The second kappa shape index (κ2) is 3.22. The third-order valence-electron chi connectivity index (χ3n) is 1.76. The van der Waals surface area contributed by atoms with Crippen LogP contribution in [0.25, 0.3) is 0 Å². The Morgan fingerprint density at radius 1 is 1.38 bits per heavy atom. The van der Waals surface area contributed by atoms with E-state index in [0.717, 1.165) is 0 Å². The first kappa shape index (κ1) is 8.31. The van der Waals surface area contributed by atoms with E-state index in [4.69, 9.17) is 21.1 Å². The SMILES string of the molecule is O=NC(Cl)c1ccc2c(c1)OCO2. The lowest BCUT2D eigenvalue weighted by Crippen LogP contribution is -1.93. The van der Waals surface area contributed by atoms with E-state index in [0.29, 0.717) is 17.1 Å². The van der Waals surface area contributed by atoms with Crippen molar-refractivity contribution < 1.29 is 9.47 Å². The molecule has 1 aromatic carbocycles. The molecule has 1 atom stereocenters. The Labute approximate surface area is 79.4 Å². The molecule has 13 heavy (non-hydrogen) atoms. The Kier molecular flexibility index (Phi) is 2.06. The van der Waals surface area contributed by atoms with Crippen molar-refractivity contribution in [2.45, 2.75) is 5.50 Å². The first-order valence-electron chi connectivity index (χ1n) is 3.67. The van der Waals surface area contributed by atoms with E-state index in [1.54, 1.807) is 18.2 Å². The van der Waals surface area contributed by atoms with Crippen LogP contribution in [0.5, 0.6) is 11.5 Å². The minimum Gasteiger partial charge on any atom is -0.454 e. The van der Waals surface area contributed by atoms with E-state index < -0.39 is 5.50 Å². The number of alkyl halides is 1. The van der Waals surface area contributed by atoms with Crippen molar-refractivity contribution in [1.82, 2.24) is 0 Å². The van der Waals surface area contributed by atoms with Gasteiger partial charge in [0, 0.05) is 0 Å². The molecular weight excluding hydrogens is 194 g/mol. The highest BCUT2D eigenvalue weighted by atomic mass is 35.5. The highest BCUT2D eigenvalue weighted by molar-refractivity contribution is 6.20. The predicted octanol–water partition coefficient (Wildman–Crippen LogP) is 2.42. The number of halogens is 1. The fraction of sp³-hybridized carbons (Fsp3) is 0.250. The molecule has 0 aliphatic carbocycles. The molecule has 4 nitrogen and oxygen atoms in total. The largest absolute Gasteiger partial charge is 0.454 e. The number of nitrogens with zero attached hydrogens (tertiary/aromatic N) is 1. The van der Waals surface area contributed by atoms with Gasteiger partial charge >= 0.3 is 0 Å². The van der Waals surface area contributed by atoms with Crippen molar-refractivity contribution in [3.63, 3.8) is 0 Å². The van der Waals surface area contributed by atoms with Crippen LogP contribution < -0.4 is 9.47 Å². The normalized spacial score (nSPS) is 15.5. The monoisotopic (exact) mass is 199 g/mol. The maximum atomic E-state index is 10.2. The second-order valence-electron chi connectivity index (χ2n) is 2.55. The van der Waals surface area contributed by atoms with Crippen LogP contribution in [0.15, 0.2) is 23.4 Å². The van der Waals surface area contributed by atoms with Crippen molar-refractivity contribution in [2.24, 2.45) is 5.18 Å². The van der Waals surface area contributed by atoms with Crippen molar-refractivity contribution in [1.29, 1.82) is 0 Å². The first-order valence-corrected chi connectivity index (χ1v) is 4.11. The summed E-state index contributed by atoms with van der Waals surface area (Å²) in [6, 6.07) is 5.05. The van der Waals surface area contributed by atoms with Gasteiger partial charge in [-0.25, -0.2) is 0 Å². The van der Waals surface area contributed by atoms with E-state index in [1.165, 1.54) is 0 Å². The number of hydrogen-bond acceptors (Lipinski definition) is 4. The summed E-state index contributed by atoms with van der Waals surface area (Å²) in [5.74, 6) is 1.27. The number of ether oxygens (including phenoxy) is 2. The van der Waals surface area contributed by atoms with Crippen LogP contribution in [0.2, 0.25) is 0 Å². The molecule has 68 valence electrons. The molecule has 5 heteroatoms. The van der Waals surface area contributed by atoms with Crippen LogP contribution >= 0.6 is 11.6 Å². The number of benzene rings is 1. The Hall–Kier alpha value is -1.29. The van der Waals surface area contributed by atoms with E-state index in [-0.39, 0.29) is 6.79 Å². The van der Waals surface area contributed by atoms with Gasteiger partial charge in [-0.3, -0.25) is 0 Å². The van der Waals surface area contributed by atoms with Gasteiger partial charge in [-0.2, -0.15) is 0 Å². The fourth-order valence-electron chi connectivity index (χ4n) is 1.12. The summed E-state index contributed by atoms with van der Waals surface area (Å²) in [5, 5.41) is 2.70. The summed E-state index contributed by atoms with van der Waals surface area (Å²) < 4.78 is 10.2. The highest BCUT2D eigenvalue weighted by Gasteiger charge is 2.16. The summed E-state index contributed by atoms with van der Waals surface area (Å²) in [6.07, 6.45) is 0. The van der Waals surface area contributed by atoms with E-state index in [2.05, 4.69) is 5.18 Å². The quantitative estimate of drug-likeness (QED) is 0.418. The molecular formula is C8H6ClNO3. The standard InChI is InChI=1S/C8H6ClNO3/c9-8(10-11)5-1-2-6-7(3-5)13-4-12-6/h1-3,8H,4H2. The lowest BCUT2D eigenvalue weighted by atomic mass is 10.2. The fourth-order valence-corrected chi connectivity index (χ4v) is 1.26. The third-order valence-corrected chi connectivity index (χ3v) is 2.10. The number of nitroso groups, excluding NO2 is 1. The maximum absolute atomic E-state index is 10.2. The zero-order chi connectivity index (χ0) is 9.26. The number of fused-ring (bicyclic) bond motifs is 1. The molecule has 0 aromatic heterocycles. The maximum Gasteiger partial charge on any atom is 0.231 e. The van der Waals surface area contributed by atoms with Crippen LogP contribution in [0, 0.1) is 4.91 Å². The lowest BCUT2D eigenvalue weighted by molar-refractivity contribution is 0.174. The van der Waals surface area contributed by atoms with E-state index in [9.17, 15) is 4.91 Å². The minimum absolute atomic E-state index is 0.209. The number of rotatable bonds is 2. The van der Waals surface area contributed by atoms with Gasteiger partial charge in [-0.05, 0) is 22.9 Å². The van der Waals surface area contributed by atoms with Gasteiger partial charge in [0.1, 0.15) is 0 Å². The topological polar surface area (TPSA) is 47.9 Å². The van der Waals surface area contributed by atoms with Gasteiger partial charge in [-0.1, -0.05) is 17.7 Å². The molecule has 1 aliphatic heterocycles. The van der Waals surface area contributed by atoms with Gasteiger partial charge < -0.3 is 9.47 Å². The molecule has 1 aliphatic rings. The average molecular weight is 200 g/mol. The number of hydrogen-bond donors (Lipinski definition) is 0. The highest BCUT2D eigenvalue weighted by Crippen LogP contribution is 2.35. The van der Waals surface area contributed by atoms with Crippen LogP contribution in [0.3, 0.4) is 0 Å². The minimum atomic E-state index is -0.866. The molecule has 0 amide bonds. The van der Waals surface area contributed by atoms with Gasteiger partial charge in [0.25, 0.3) is 0 Å². The van der Waals surface area contributed by atoms with Crippen LogP contribution in [0.4, 0.5) is 0 Å². The molecule has 1 aromatic rings. The summed E-state index contributed by atoms with van der Waals surface area (Å²) >= 11 is 5.62. The van der Waals surface area contributed by atoms with Crippen molar-refractivity contribution >= 4 is 11.6 Å². The molecule has 1 unspecified atom stereocenters. The molecule has 0 fully saturated rings. The van der Waals surface area contributed by atoms with Gasteiger partial charge in [0.2, 0.25) is 6.79 Å². The van der Waals surface area contributed by atoms with Gasteiger partial charge in [0.15, 0.2) is 17.0 Å². The van der Waals surface area contributed by atoms with Gasteiger partial charge in [-0.15, -0.1) is 4.91 Å². The molecule has 2 rings (SSSR count). The average Bonchev–Trinajstić information content (AvgIpc) is 2.63. The Bertz CT molecular complexity index is 342. The van der Waals surface area contributed by atoms with Crippen molar-refractivity contribution in [3.05, 3.63) is 28.7 Å².